The van der Waals surface area contributed by atoms with Crippen molar-refractivity contribution in [1.29, 1.82) is 0 Å². The van der Waals surface area contributed by atoms with Gasteiger partial charge in [0, 0.05) is 5.92 Å². The first-order chi connectivity index (χ1) is 10.5. The molecule has 1 amide bonds. The zero-order valence-electron chi connectivity index (χ0n) is 13.2. The lowest BCUT2D eigenvalue weighted by molar-refractivity contribution is -0.127. The SMILES string of the molecule is CC(C)C[C@H](NC(=O)C1CCCCC1)C(O)c1n[nH]c(=S)o1. The summed E-state index contributed by atoms with van der Waals surface area (Å²) in [6.07, 6.45) is 4.92. The van der Waals surface area contributed by atoms with Crippen LogP contribution in [0, 0.1) is 16.7 Å². The van der Waals surface area contributed by atoms with Gasteiger partial charge in [-0.2, -0.15) is 0 Å². The van der Waals surface area contributed by atoms with E-state index in [1.54, 1.807) is 0 Å². The average molecular weight is 327 g/mol. The maximum Gasteiger partial charge on any atom is 0.284 e. The van der Waals surface area contributed by atoms with Gasteiger partial charge < -0.3 is 14.8 Å². The summed E-state index contributed by atoms with van der Waals surface area (Å²) in [6, 6.07) is -0.420. The molecule has 0 aliphatic heterocycles. The molecule has 1 aliphatic rings. The number of aliphatic hydroxyl groups excluding tert-OH is 1. The van der Waals surface area contributed by atoms with E-state index in [0.29, 0.717) is 12.3 Å². The van der Waals surface area contributed by atoms with E-state index < -0.39 is 12.1 Å². The number of aromatic amines is 1. The molecule has 3 N–H and O–H groups in total. The summed E-state index contributed by atoms with van der Waals surface area (Å²) >= 11 is 4.83. The Labute approximate surface area is 135 Å². The summed E-state index contributed by atoms with van der Waals surface area (Å²) < 4.78 is 5.18. The monoisotopic (exact) mass is 327 g/mol. The van der Waals surface area contributed by atoms with Gasteiger partial charge >= 0.3 is 0 Å². The van der Waals surface area contributed by atoms with Crippen molar-refractivity contribution in [3.05, 3.63) is 10.7 Å². The Balaban J connectivity index is 2.04. The standard InChI is InChI=1S/C15H25N3O3S/c1-9(2)8-11(12(19)14-17-18-15(22)21-14)16-13(20)10-6-4-3-5-7-10/h9-12,19H,3-8H2,1-2H3,(H,16,20)(H,18,22)/t11-,12?/m0/s1. The molecule has 124 valence electrons. The molecule has 22 heavy (non-hydrogen) atoms. The minimum absolute atomic E-state index is 0.0264. The highest BCUT2D eigenvalue weighted by atomic mass is 32.1. The summed E-state index contributed by atoms with van der Waals surface area (Å²) in [6.45, 7) is 4.10. The van der Waals surface area contributed by atoms with Gasteiger partial charge in [-0.15, -0.1) is 5.10 Å². The molecule has 1 saturated carbocycles. The highest BCUT2D eigenvalue weighted by Crippen LogP contribution is 2.26. The number of nitrogens with one attached hydrogen (secondary N) is 2. The fourth-order valence-corrected chi connectivity index (χ4v) is 3.11. The zero-order chi connectivity index (χ0) is 16.1. The van der Waals surface area contributed by atoms with Crippen molar-refractivity contribution in [3.63, 3.8) is 0 Å². The number of H-pyrrole nitrogens is 1. The second-order valence-corrected chi connectivity index (χ2v) is 6.85. The molecule has 0 saturated heterocycles. The number of carbonyl (C=O) groups excluding carboxylic acids is 1. The van der Waals surface area contributed by atoms with E-state index in [9.17, 15) is 9.90 Å². The lowest BCUT2D eigenvalue weighted by Crippen LogP contribution is -2.43. The molecule has 1 fully saturated rings. The van der Waals surface area contributed by atoms with E-state index in [4.69, 9.17) is 16.6 Å². The maximum absolute atomic E-state index is 12.4. The van der Waals surface area contributed by atoms with Crippen LogP contribution in [-0.4, -0.2) is 27.3 Å². The zero-order valence-corrected chi connectivity index (χ0v) is 14.0. The predicted molar refractivity (Wildman–Crippen MR) is 84.6 cm³/mol. The Kier molecular flexibility index (Phi) is 6.14. The number of amides is 1. The lowest BCUT2D eigenvalue weighted by Gasteiger charge is -2.27. The molecule has 0 spiro atoms. The summed E-state index contributed by atoms with van der Waals surface area (Å²) in [7, 11) is 0. The maximum atomic E-state index is 12.4. The lowest BCUT2D eigenvalue weighted by atomic mass is 9.88. The van der Waals surface area contributed by atoms with Crippen molar-refractivity contribution in [2.45, 2.75) is 64.5 Å². The Bertz CT molecular complexity index is 534. The molecule has 6 nitrogen and oxygen atoms in total. The van der Waals surface area contributed by atoms with E-state index in [2.05, 4.69) is 15.5 Å². The van der Waals surface area contributed by atoms with Gasteiger partial charge in [0.25, 0.3) is 4.84 Å². The fraction of sp³-hybridized carbons (Fsp3) is 0.800. The van der Waals surface area contributed by atoms with Gasteiger partial charge in [-0.05, 0) is 37.4 Å². The number of carbonyl (C=O) groups is 1. The first kappa shape index (κ1) is 17.1. The van der Waals surface area contributed by atoms with E-state index in [-0.39, 0.29) is 22.6 Å². The van der Waals surface area contributed by atoms with Gasteiger partial charge in [0.05, 0.1) is 6.04 Å². The molecule has 0 aromatic carbocycles. The van der Waals surface area contributed by atoms with Crippen molar-refractivity contribution < 1.29 is 14.3 Å². The summed E-state index contributed by atoms with van der Waals surface area (Å²) in [4.78, 5) is 12.6. The number of aliphatic hydroxyl groups is 1. The second-order valence-electron chi connectivity index (χ2n) is 6.48. The van der Waals surface area contributed by atoms with E-state index in [1.807, 2.05) is 13.8 Å². The first-order valence-corrected chi connectivity index (χ1v) is 8.42. The normalized spacial score (nSPS) is 19.1. The smallest absolute Gasteiger partial charge is 0.284 e. The molecule has 2 atom stereocenters. The topological polar surface area (TPSA) is 91.1 Å². The molecule has 7 heteroatoms. The summed E-state index contributed by atoms with van der Waals surface area (Å²) in [5.74, 6) is 0.535. The van der Waals surface area contributed by atoms with Crippen LogP contribution in [0.15, 0.2) is 4.42 Å². The van der Waals surface area contributed by atoms with E-state index in [1.165, 1.54) is 6.42 Å². The van der Waals surface area contributed by atoms with Gasteiger partial charge in [-0.1, -0.05) is 33.1 Å². The average Bonchev–Trinajstić information content (AvgIpc) is 2.92. The molecule has 0 bridgehead atoms. The molecule has 1 aromatic rings. The minimum Gasteiger partial charge on any atom is -0.411 e. The molecule has 2 rings (SSSR count). The molecule has 1 heterocycles. The number of rotatable bonds is 6. The first-order valence-electron chi connectivity index (χ1n) is 8.01. The van der Waals surface area contributed by atoms with Crippen LogP contribution in [0.1, 0.15) is 64.4 Å². The fourth-order valence-electron chi connectivity index (χ4n) is 2.98. The van der Waals surface area contributed by atoms with Crippen LogP contribution in [0.2, 0.25) is 0 Å². The molecule has 1 aliphatic carbocycles. The van der Waals surface area contributed by atoms with Crippen LogP contribution in [0.25, 0.3) is 0 Å². The van der Waals surface area contributed by atoms with Gasteiger partial charge in [-0.3, -0.25) is 4.79 Å². The van der Waals surface area contributed by atoms with Gasteiger partial charge in [0.1, 0.15) is 0 Å². The molecule has 1 aromatic heterocycles. The Hall–Kier alpha value is -1.21. The van der Waals surface area contributed by atoms with Crippen LogP contribution < -0.4 is 5.32 Å². The number of hydrogen-bond acceptors (Lipinski definition) is 5. The largest absolute Gasteiger partial charge is 0.411 e. The van der Waals surface area contributed by atoms with Crippen LogP contribution in [0.3, 0.4) is 0 Å². The van der Waals surface area contributed by atoms with Crippen molar-refractivity contribution in [3.8, 4) is 0 Å². The second kappa shape index (κ2) is 7.87. The van der Waals surface area contributed by atoms with E-state index in [0.717, 1.165) is 25.7 Å². The summed E-state index contributed by atoms with van der Waals surface area (Å²) in [5.41, 5.74) is 0. The number of nitrogens with zero attached hydrogens (tertiary/aromatic N) is 1. The Morgan fingerprint density at radius 2 is 2.14 bits per heavy atom. The highest BCUT2D eigenvalue weighted by molar-refractivity contribution is 7.71. The highest BCUT2D eigenvalue weighted by Gasteiger charge is 2.30. The van der Waals surface area contributed by atoms with Crippen molar-refractivity contribution in [2.24, 2.45) is 11.8 Å². The Morgan fingerprint density at radius 3 is 2.68 bits per heavy atom. The van der Waals surface area contributed by atoms with Crippen molar-refractivity contribution in [1.82, 2.24) is 15.5 Å². The van der Waals surface area contributed by atoms with Gasteiger partial charge in [0.15, 0.2) is 6.10 Å². The van der Waals surface area contributed by atoms with Crippen LogP contribution in [-0.2, 0) is 4.79 Å². The molecular formula is C15H25N3O3S. The van der Waals surface area contributed by atoms with Gasteiger partial charge in [-0.25, -0.2) is 5.10 Å². The molecule has 1 unspecified atom stereocenters. The van der Waals surface area contributed by atoms with Gasteiger partial charge in [0.2, 0.25) is 11.8 Å². The number of aromatic nitrogens is 2. The van der Waals surface area contributed by atoms with Crippen LogP contribution in [0.4, 0.5) is 0 Å². The predicted octanol–water partition coefficient (Wildman–Crippen LogP) is 2.88. The third kappa shape index (κ3) is 4.64. The third-order valence-corrected chi connectivity index (χ3v) is 4.29. The Morgan fingerprint density at radius 1 is 1.45 bits per heavy atom. The van der Waals surface area contributed by atoms with E-state index >= 15 is 0 Å². The summed E-state index contributed by atoms with van der Waals surface area (Å²) in [5, 5.41) is 19.8. The number of hydrogen-bond donors (Lipinski definition) is 3. The van der Waals surface area contributed by atoms with Crippen molar-refractivity contribution in [2.75, 3.05) is 0 Å². The quantitative estimate of drug-likeness (QED) is 0.699. The van der Waals surface area contributed by atoms with Crippen LogP contribution >= 0.6 is 12.2 Å². The molecular weight excluding hydrogens is 302 g/mol. The van der Waals surface area contributed by atoms with Crippen molar-refractivity contribution >= 4 is 18.1 Å². The molecule has 0 radical (unpaired) electrons. The third-order valence-electron chi connectivity index (χ3n) is 4.12. The van der Waals surface area contributed by atoms with Crippen LogP contribution in [0.5, 0.6) is 0 Å². The minimum atomic E-state index is -0.997.